The zero-order valence-electron chi connectivity index (χ0n) is 7.38. The van der Waals surface area contributed by atoms with Crippen molar-refractivity contribution >= 4 is 5.91 Å². The van der Waals surface area contributed by atoms with E-state index in [1.807, 2.05) is 0 Å². The van der Waals surface area contributed by atoms with Crippen molar-refractivity contribution in [3.63, 3.8) is 0 Å². The van der Waals surface area contributed by atoms with E-state index in [2.05, 4.69) is 10.2 Å². The van der Waals surface area contributed by atoms with Crippen molar-refractivity contribution in [3.8, 4) is 0 Å². The zero-order valence-corrected chi connectivity index (χ0v) is 7.38. The van der Waals surface area contributed by atoms with Gasteiger partial charge >= 0.3 is 0 Å². The Balaban J connectivity index is 2.05. The minimum absolute atomic E-state index is 0.196. The molecule has 2 rings (SSSR count). The van der Waals surface area contributed by atoms with Crippen molar-refractivity contribution in [2.45, 2.75) is 31.7 Å². The van der Waals surface area contributed by atoms with Crippen LogP contribution >= 0.6 is 0 Å². The minimum Gasteiger partial charge on any atom is -0.353 e. The molecule has 0 aromatic heterocycles. The van der Waals surface area contributed by atoms with Crippen molar-refractivity contribution < 1.29 is 4.79 Å². The SMILES string of the molecule is O=C1NCCN2CCCCC[C@@H]12. The number of amides is 1. The second-order valence-electron chi connectivity index (χ2n) is 3.69. The molecule has 2 saturated heterocycles. The summed E-state index contributed by atoms with van der Waals surface area (Å²) in [7, 11) is 0. The summed E-state index contributed by atoms with van der Waals surface area (Å²) >= 11 is 0. The molecule has 0 saturated carbocycles. The van der Waals surface area contributed by atoms with Crippen LogP contribution in [0.1, 0.15) is 25.7 Å². The van der Waals surface area contributed by atoms with Gasteiger partial charge in [0.1, 0.15) is 0 Å². The van der Waals surface area contributed by atoms with Gasteiger partial charge in [-0.1, -0.05) is 12.8 Å². The molecule has 1 atom stereocenters. The highest BCUT2D eigenvalue weighted by Gasteiger charge is 2.29. The predicted octanol–water partition coefficient (Wildman–Crippen LogP) is 0.361. The van der Waals surface area contributed by atoms with E-state index in [-0.39, 0.29) is 11.9 Å². The van der Waals surface area contributed by atoms with E-state index >= 15 is 0 Å². The Hall–Kier alpha value is -0.570. The number of rotatable bonds is 0. The van der Waals surface area contributed by atoms with E-state index in [0.29, 0.717) is 0 Å². The number of hydrogen-bond donors (Lipinski definition) is 1. The highest BCUT2D eigenvalue weighted by molar-refractivity contribution is 5.82. The summed E-state index contributed by atoms with van der Waals surface area (Å²) in [5.74, 6) is 0.253. The van der Waals surface area contributed by atoms with Gasteiger partial charge in [0.05, 0.1) is 6.04 Å². The zero-order chi connectivity index (χ0) is 8.39. The van der Waals surface area contributed by atoms with Gasteiger partial charge < -0.3 is 5.32 Å². The quantitative estimate of drug-likeness (QED) is 0.566. The van der Waals surface area contributed by atoms with Crippen molar-refractivity contribution in [1.29, 1.82) is 0 Å². The fourth-order valence-electron chi connectivity index (χ4n) is 2.17. The monoisotopic (exact) mass is 168 g/mol. The summed E-state index contributed by atoms with van der Waals surface area (Å²) in [6.07, 6.45) is 4.84. The molecule has 3 nitrogen and oxygen atoms in total. The molecular formula is C9H16N2O. The van der Waals surface area contributed by atoms with Gasteiger partial charge in [-0.25, -0.2) is 0 Å². The first-order valence-corrected chi connectivity index (χ1v) is 4.90. The van der Waals surface area contributed by atoms with Gasteiger partial charge in [-0.2, -0.15) is 0 Å². The van der Waals surface area contributed by atoms with Crippen molar-refractivity contribution in [3.05, 3.63) is 0 Å². The van der Waals surface area contributed by atoms with Crippen LogP contribution in [0.5, 0.6) is 0 Å². The first-order valence-electron chi connectivity index (χ1n) is 4.90. The number of nitrogens with one attached hydrogen (secondary N) is 1. The van der Waals surface area contributed by atoms with Gasteiger partial charge in [0.25, 0.3) is 0 Å². The predicted molar refractivity (Wildman–Crippen MR) is 46.8 cm³/mol. The fraction of sp³-hybridized carbons (Fsp3) is 0.889. The maximum Gasteiger partial charge on any atom is 0.237 e. The van der Waals surface area contributed by atoms with Crippen LogP contribution in [0.15, 0.2) is 0 Å². The molecule has 2 heterocycles. The molecule has 0 aromatic rings. The van der Waals surface area contributed by atoms with E-state index in [1.165, 1.54) is 19.3 Å². The third kappa shape index (κ3) is 1.46. The van der Waals surface area contributed by atoms with E-state index in [0.717, 1.165) is 26.1 Å². The van der Waals surface area contributed by atoms with Crippen LogP contribution in [0, 0.1) is 0 Å². The lowest BCUT2D eigenvalue weighted by Gasteiger charge is -2.33. The lowest BCUT2D eigenvalue weighted by atomic mass is 10.1. The summed E-state index contributed by atoms with van der Waals surface area (Å²) in [5.41, 5.74) is 0. The third-order valence-corrected chi connectivity index (χ3v) is 2.86. The highest BCUT2D eigenvalue weighted by Crippen LogP contribution is 2.17. The maximum atomic E-state index is 11.4. The van der Waals surface area contributed by atoms with Crippen LogP contribution in [-0.2, 0) is 4.79 Å². The van der Waals surface area contributed by atoms with Gasteiger partial charge in [-0.05, 0) is 19.4 Å². The number of nitrogens with zero attached hydrogens (tertiary/aromatic N) is 1. The topological polar surface area (TPSA) is 32.3 Å². The minimum atomic E-state index is 0.196. The molecule has 1 amide bonds. The molecule has 68 valence electrons. The molecule has 2 aliphatic rings. The van der Waals surface area contributed by atoms with E-state index in [1.54, 1.807) is 0 Å². The second kappa shape index (κ2) is 3.44. The first-order chi connectivity index (χ1) is 5.88. The molecule has 0 aromatic carbocycles. The normalized spacial score (nSPS) is 32.0. The second-order valence-corrected chi connectivity index (χ2v) is 3.69. The van der Waals surface area contributed by atoms with Crippen molar-refractivity contribution in [2.24, 2.45) is 0 Å². The summed E-state index contributed by atoms with van der Waals surface area (Å²) in [5, 5.41) is 2.93. The van der Waals surface area contributed by atoms with E-state index in [4.69, 9.17) is 0 Å². The van der Waals surface area contributed by atoms with E-state index < -0.39 is 0 Å². The number of hydrogen-bond acceptors (Lipinski definition) is 2. The largest absolute Gasteiger partial charge is 0.353 e. The van der Waals surface area contributed by atoms with Crippen LogP contribution in [0.4, 0.5) is 0 Å². The van der Waals surface area contributed by atoms with Gasteiger partial charge in [0, 0.05) is 13.1 Å². The average Bonchev–Trinajstić information content (AvgIpc) is 2.30. The fourth-order valence-corrected chi connectivity index (χ4v) is 2.17. The van der Waals surface area contributed by atoms with Crippen molar-refractivity contribution in [2.75, 3.05) is 19.6 Å². The summed E-state index contributed by atoms with van der Waals surface area (Å²) < 4.78 is 0. The molecule has 0 bridgehead atoms. The standard InChI is InChI=1S/C9H16N2O/c12-9-8-4-2-1-3-6-11(8)7-5-10-9/h8H,1-7H2,(H,10,12)/t8-/m0/s1. The molecule has 0 spiro atoms. The Morgan fingerprint density at radius 3 is 3.08 bits per heavy atom. The highest BCUT2D eigenvalue weighted by atomic mass is 16.2. The molecular weight excluding hydrogens is 152 g/mol. The molecule has 0 unspecified atom stereocenters. The number of carbonyl (C=O) groups excluding carboxylic acids is 1. The average molecular weight is 168 g/mol. The van der Waals surface area contributed by atoms with Gasteiger partial charge in [-0.15, -0.1) is 0 Å². The van der Waals surface area contributed by atoms with Crippen LogP contribution in [0.25, 0.3) is 0 Å². The van der Waals surface area contributed by atoms with Crippen LogP contribution < -0.4 is 5.32 Å². The van der Waals surface area contributed by atoms with Crippen LogP contribution in [0.3, 0.4) is 0 Å². The molecule has 2 aliphatic heterocycles. The Morgan fingerprint density at radius 2 is 2.17 bits per heavy atom. The molecule has 2 fully saturated rings. The number of piperazine rings is 1. The number of carbonyl (C=O) groups is 1. The summed E-state index contributed by atoms with van der Waals surface area (Å²) in [6.45, 7) is 3.02. The van der Waals surface area contributed by atoms with Gasteiger partial charge in [0.2, 0.25) is 5.91 Å². The lowest BCUT2D eigenvalue weighted by Crippen LogP contribution is -2.54. The van der Waals surface area contributed by atoms with Gasteiger partial charge in [-0.3, -0.25) is 9.69 Å². The lowest BCUT2D eigenvalue weighted by molar-refractivity contribution is -0.128. The molecule has 0 aliphatic carbocycles. The Bertz CT molecular complexity index is 181. The third-order valence-electron chi connectivity index (χ3n) is 2.86. The maximum absolute atomic E-state index is 11.4. The van der Waals surface area contributed by atoms with Crippen molar-refractivity contribution in [1.82, 2.24) is 10.2 Å². The van der Waals surface area contributed by atoms with Gasteiger partial charge in [0.15, 0.2) is 0 Å². The Morgan fingerprint density at radius 1 is 1.25 bits per heavy atom. The van der Waals surface area contributed by atoms with Crippen LogP contribution in [0.2, 0.25) is 0 Å². The summed E-state index contributed by atoms with van der Waals surface area (Å²) in [4.78, 5) is 13.8. The first kappa shape index (κ1) is 8.05. The van der Waals surface area contributed by atoms with E-state index in [9.17, 15) is 4.79 Å². The Labute approximate surface area is 73.1 Å². The molecule has 12 heavy (non-hydrogen) atoms. The summed E-state index contributed by atoms with van der Waals surface area (Å²) in [6, 6.07) is 0.196. The molecule has 0 radical (unpaired) electrons. The van der Waals surface area contributed by atoms with Crippen LogP contribution in [-0.4, -0.2) is 36.5 Å². The Kier molecular flexibility index (Phi) is 2.30. The molecule has 1 N–H and O–H groups in total. The molecule has 3 heteroatoms. The number of fused-ring (bicyclic) bond motifs is 1. The smallest absolute Gasteiger partial charge is 0.237 e.